The first-order valence-corrected chi connectivity index (χ1v) is 7.92. The summed E-state index contributed by atoms with van der Waals surface area (Å²) in [5.74, 6) is 5.32. The maximum Gasteiger partial charge on any atom is 0.311 e. The first kappa shape index (κ1) is 18.2. The second-order valence-electron chi connectivity index (χ2n) is 4.56. The number of hydrogen-bond acceptors (Lipinski definition) is 4. The van der Waals surface area contributed by atoms with Gasteiger partial charge in [-0.25, -0.2) is 0 Å². The molecule has 118 valence electrons. The lowest BCUT2D eigenvalue weighted by Crippen LogP contribution is -2.16. The first-order chi connectivity index (χ1) is 10.5. The van der Waals surface area contributed by atoms with Gasteiger partial charge in [-0.3, -0.25) is 9.59 Å². The summed E-state index contributed by atoms with van der Waals surface area (Å²) in [5, 5.41) is 0. The van der Waals surface area contributed by atoms with Crippen LogP contribution in [0.2, 0.25) is 0 Å². The van der Waals surface area contributed by atoms with Gasteiger partial charge >= 0.3 is 11.9 Å². The fraction of sp³-hybridized carbons (Fsp3) is 0.412. The maximum absolute atomic E-state index is 11.7. The van der Waals surface area contributed by atoms with Crippen LogP contribution in [0.4, 0.5) is 0 Å². The van der Waals surface area contributed by atoms with Crippen LogP contribution < -0.4 is 4.74 Å². The van der Waals surface area contributed by atoms with E-state index in [2.05, 4.69) is 27.8 Å². The molecule has 0 saturated carbocycles. The number of rotatable bonds is 7. The number of benzene rings is 1. The van der Waals surface area contributed by atoms with Crippen LogP contribution in [-0.4, -0.2) is 18.0 Å². The molecule has 0 aliphatic rings. The van der Waals surface area contributed by atoms with Crippen LogP contribution in [0.15, 0.2) is 28.7 Å². The number of esters is 2. The van der Waals surface area contributed by atoms with Crippen molar-refractivity contribution in [2.75, 3.05) is 0 Å². The highest BCUT2D eigenvalue weighted by atomic mass is 79.9. The van der Waals surface area contributed by atoms with Crippen molar-refractivity contribution < 1.29 is 19.1 Å². The molecule has 4 nitrogen and oxygen atoms in total. The van der Waals surface area contributed by atoms with Crippen LogP contribution in [-0.2, 0) is 14.3 Å². The molecule has 22 heavy (non-hydrogen) atoms. The van der Waals surface area contributed by atoms with E-state index in [1.807, 2.05) is 6.92 Å². The van der Waals surface area contributed by atoms with Gasteiger partial charge in [0.15, 0.2) is 6.10 Å². The molecule has 0 radical (unpaired) electrons. The summed E-state index contributed by atoms with van der Waals surface area (Å²) in [6.07, 6.45) is 1.02. The molecule has 1 unspecified atom stereocenters. The van der Waals surface area contributed by atoms with E-state index in [1.54, 1.807) is 31.2 Å². The lowest BCUT2D eigenvalue weighted by Gasteiger charge is -2.10. The monoisotopic (exact) mass is 366 g/mol. The third-order valence-corrected chi connectivity index (χ3v) is 3.29. The zero-order chi connectivity index (χ0) is 16.4. The third kappa shape index (κ3) is 7.28. The summed E-state index contributed by atoms with van der Waals surface area (Å²) in [6.45, 7) is 3.60. The smallest absolute Gasteiger partial charge is 0.311 e. The van der Waals surface area contributed by atoms with Crippen molar-refractivity contribution in [1.29, 1.82) is 0 Å². The van der Waals surface area contributed by atoms with Crippen molar-refractivity contribution in [3.8, 4) is 17.6 Å². The highest BCUT2D eigenvalue weighted by Gasteiger charge is 2.11. The minimum Gasteiger partial charge on any atom is -0.449 e. The Morgan fingerprint density at radius 1 is 1.18 bits per heavy atom. The molecule has 0 fully saturated rings. The zero-order valence-corrected chi connectivity index (χ0v) is 14.3. The second-order valence-corrected chi connectivity index (χ2v) is 5.48. The van der Waals surface area contributed by atoms with Crippen LogP contribution in [0.1, 0.15) is 39.5 Å². The largest absolute Gasteiger partial charge is 0.449 e. The lowest BCUT2D eigenvalue weighted by atomic mass is 10.2. The summed E-state index contributed by atoms with van der Waals surface area (Å²) in [7, 11) is 0. The molecule has 0 amide bonds. The molecule has 0 heterocycles. The Morgan fingerprint density at radius 3 is 2.41 bits per heavy atom. The molecule has 1 aromatic rings. The van der Waals surface area contributed by atoms with Gasteiger partial charge in [0.1, 0.15) is 5.75 Å². The Kier molecular flexibility index (Phi) is 8.31. The summed E-state index contributed by atoms with van der Waals surface area (Å²) < 4.78 is 11.3. The van der Waals surface area contributed by atoms with Gasteiger partial charge in [0.05, 0.1) is 0 Å². The Morgan fingerprint density at radius 2 is 1.82 bits per heavy atom. The zero-order valence-electron chi connectivity index (χ0n) is 12.7. The number of ether oxygens (including phenoxy) is 2. The number of carbonyl (C=O) groups excluding carboxylic acids is 2. The van der Waals surface area contributed by atoms with Gasteiger partial charge < -0.3 is 9.47 Å². The predicted octanol–water partition coefficient (Wildman–Crippen LogP) is 3.87. The molecule has 5 heteroatoms. The van der Waals surface area contributed by atoms with Crippen molar-refractivity contribution in [1.82, 2.24) is 0 Å². The van der Waals surface area contributed by atoms with E-state index >= 15 is 0 Å². The van der Waals surface area contributed by atoms with E-state index in [0.717, 1.165) is 4.47 Å². The lowest BCUT2D eigenvalue weighted by molar-refractivity contribution is -0.146. The summed E-state index contributed by atoms with van der Waals surface area (Å²) in [5.41, 5.74) is 0. The highest BCUT2D eigenvalue weighted by Crippen LogP contribution is 2.17. The van der Waals surface area contributed by atoms with Crippen LogP contribution >= 0.6 is 15.9 Å². The Bertz CT molecular complexity index is 554. The predicted molar refractivity (Wildman–Crippen MR) is 87.2 cm³/mol. The van der Waals surface area contributed by atoms with E-state index in [1.165, 1.54) is 0 Å². The molecule has 1 rings (SSSR count). The van der Waals surface area contributed by atoms with Crippen molar-refractivity contribution in [3.63, 3.8) is 0 Å². The molecule has 0 aliphatic carbocycles. The molecule has 0 aromatic heterocycles. The van der Waals surface area contributed by atoms with E-state index in [0.29, 0.717) is 18.6 Å². The molecule has 0 spiro atoms. The van der Waals surface area contributed by atoms with Gasteiger partial charge in [-0.2, -0.15) is 0 Å². The number of halogens is 1. The van der Waals surface area contributed by atoms with Crippen molar-refractivity contribution in [2.45, 2.75) is 45.6 Å². The molecule has 0 aliphatic heterocycles. The minimum atomic E-state index is -0.368. The Hall–Kier alpha value is -1.80. The molecule has 1 atom stereocenters. The summed E-state index contributed by atoms with van der Waals surface area (Å²) >= 11 is 3.30. The van der Waals surface area contributed by atoms with E-state index in [-0.39, 0.29) is 30.9 Å². The average Bonchev–Trinajstić information content (AvgIpc) is 2.49. The molecule has 0 N–H and O–H groups in total. The van der Waals surface area contributed by atoms with Crippen molar-refractivity contribution in [3.05, 3.63) is 28.7 Å². The van der Waals surface area contributed by atoms with Crippen LogP contribution in [0.5, 0.6) is 5.75 Å². The third-order valence-electron chi connectivity index (χ3n) is 2.76. The minimum absolute atomic E-state index is 0.168. The molecule has 1 aromatic carbocycles. The number of hydrogen-bond donors (Lipinski definition) is 0. The fourth-order valence-corrected chi connectivity index (χ4v) is 1.92. The van der Waals surface area contributed by atoms with Crippen molar-refractivity contribution in [2.24, 2.45) is 0 Å². The van der Waals surface area contributed by atoms with Gasteiger partial charge in [-0.1, -0.05) is 28.8 Å². The van der Waals surface area contributed by atoms with Gasteiger partial charge in [0.2, 0.25) is 0 Å². The van der Waals surface area contributed by atoms with Crippen molar-refractivity contribution >= 4 is 27.9 Å². The van der Waals surface area contributed by atoms with Gasteiger partial charge in [-0.05, 0) is 44.0 Å². The van der Waals surface area contributed by atoms with E-state index < -0.39 is 0 Å². The summed E-state index contributed by atoms with van der Waals surface area (Å²) in [6, 6.07) is 6.98. The standard InChI is InChI=1S/C17H19BrO4/c1-3-6-14(4-2)21-16(19)7-5-8-17(20)22-15-11-9-13(18)10-12-15/h9-12,14H,4-5,7-8H2,1-2H3. The Balaban J connectivity index is 2.27. The number of carbonyl (C=O) groups is 2. The molecule has 0 saturated heterocycles. The fourth-order valence-electron chi connectivity index (χ4n) is 1.66. The topological polar surface area (TPSA) is 52.6 Å². The second kappa shape index (κ2) is 10.0. The maximum atomic E-state index is 11.7. The summed E-state index contributed by atoms with van der Waals surface area (Å²) in [4.78, 5) is 23.3. The highest BCUT2D eigenvalue weighted by molar-refractivity contribution is 9.10. The first-order valence-electron chi connectivity index (χ1n) is 7.13. The van der Waals surface area contributed by atoms with Crippen LogP contribution in [0, 0.1) is 11.8 Å². The SMILES string of the molecule is CC#CC(CC)OC(=O)CCCC(=O)Oc1ccc(Br)cc1. The van der Waals surface area contributed by atoms with E-state index in [4.69, 9.17) is 9.47 Å². The van der Waals surface area contributed by atoms with Crippen LogP contribution in [0.25, 0.3) is 0 Å². The Labute approximate surface area is 139 Å². The normalized spacial score (nSPS) is 11.0. The van der Waals surface area contributed by atoms with E-state index in [9.17, 15) is 9.59 Å². The van der Waals surface area contributed by atoms with Gasteiger partial charge in [0, 0.05) is 17.3 Å². The quantitative estimate of drug-likeness (QED) is 0.417. The molecule has 0 bridgehead atoms. The molecular formula is C17H19BrO4. The van der Waals surface area contributed by atoms with Crippen LogP contribution in [0.3, 0.4) is 0 Å². The van der Waals surface area contributed by atoms with Gasteiger partial charge in [-0.15, -0.1) is 5.92 Å². The molecular weight excluding hydrogens is 348 g/mol. The average molecular weight is 367 g/mol. The van der Waals surface area contributed by atoms with Gasteiger partial charge in [0.25, 0.3) is 0 Å².